The third-order valence-corrected chi connectivity index (χ3v) is 3.71. The Labute approximate surface area is 122 Å². The molecule has 0 saturated heterocycles. The molecule has 0 fully saturated rings. The monoisotopic (exact) mass is 278 g/mol. The predicted octanol–water partition coefficient (Wildman–Crippen LogP) is 4.22. The molecule has 0 N–H and O–H groups in total. The molecular formula is C18H14O3. The van der Waals surface area contributed by atoms with Crippen LogP contribution in [0.2, 0.25) is 0 Å². The molecule has 0 unspecified atom stereocenters. The topological polar surface area (TPSA) is 43.4 Å². The van der Waals surface area contributed by atoms with Crippen LogP contribution in [0.4, 0.5) is 0 Å². The summed E-state index contributed by atoms with van der Waals surface area (Å²) in [6, 6.07) is 7.06. The molecule has 0 radical (unpaired) electrons. The van der Waals surface area contributed by atoms with Crippen molar-refractivity contribution in [3.63, 3.8) is 0 Å². The summed E-state index contributed by atoms with van der Waals surface area (Å²) in [6.07, 6.45) is 0. The van der Waals surface area contributed by atoms with Gasteiger partial charge in [0.1, 0.15) is 0 Å². The fourth-order valence-corrected chi connectivity index (χ4v) is 2.74. The minimum Gasteiger partial charge on any atom is -0.386 e. The van der Waals surface area contributed by atoms with E-state index in [-0.39, 0.29) is 0 Å². The lowest BCUT2D eigenvalue weighted by Crippen LogP contribution is -2.20. The van der Waals surface area contributed by atoms with Crippen molar-refractivity contribution < 1.29 is 14.3 Å². The predicted molar refractivity (Wildman–Crippen MR) is 83.1 cm³/mol. The van der Waals surface area contributed by atoms with Crippen LogP contribution in [0.5, 0.6) is 0 Å². The van der Waals surface area contributed by atoms with Gasteiger partial charge in [-0.25, -0.2) is 9.59 Å². The van der Waals surface area contributed by atoms with Gasteiger partial charge in [-0.15, -0.1) is 0 Å². The number of carbonyl (C=O) groups excluding carboxylic acids is 2. The number of hydrogen-bond donors (Lipinski definition) is 0. The molecule has 0 amide bonds. The Balaban J connectivity index is 2.60. The van der Waals surface area contributed by atoms with E-state index in [9.17, 15) is 9.59 Å². The zero-order valence-corrected chi connectivity index (χ0v) is 11.9. The molecule has 2 aromatic rings. The van der Waals surface area contributed by atoms with Gasteiger partial charge in [0.05, 0.1) is 11.1 Å². The lowest BCUT2D eigenvalue weighted by Gasteiger charge is -2.20. The van der Waals surface area contributed by atoms with Gasteiger partial charge in [0.15, 0.2) is 0 Å². The van der Waals surface area contributed by atoms with E-state index < -0.39 is 11.9 Å². The summed E-state index contributed by atoms with van der Waals surface area (Å²) in [5, 5.41) is 1.48. The van der Waals surface area contributed by atoms with Crippen molar-refractivity contribution in [2.24, 2.45) is 0 Å². The summed E-state index contributed by atoms with van der Waals surface area (Å²) in [4.78, 5) is 23.9. The van der Waals surface area contributed by atoms with Crippen LogP contribution in [0, 0.1) is 0 Å². The SMILES string of the molecule is C=C(C)c1ccc2c3c(ccc(C(=C)C)c13)C(=O)OC2=O. The summed E-state index contributed by atoms with van der Waals surface area (Å²) in [5.41, 5.74) is 4.38. The fraction of sp³-hybridized carbons (Fsp3) is 0.111. The number of ether oxygens (including phenoxy) is 1. The van der Waals surface area contributed by atoms with Gasteiger partial charge in [-0.3, -0.25) is 0 Å². The maximum Gasteiger partial charge on any atom is 0.346 e. The number of esters is 2. The van der Waals surface area contributed by atoms with Crippen molar-refractivity contribution in [3.05, 3.63) is 59.7 Å². The number of rotatable bonds is 2. The average molecular weight is 278 g/mol. The Morgan fingerprint density at radius 2 is 1.24 bits per heavy atom. The van der Waals surface area contributed by atoms with E-state index in [1.54, 1.807) is 12.1 Å². The standard InChI is InChI=1S/C18H14O3/c1-9(2)11-5-7-13-16-14(18(20)21-17(13)19)8-6-12(10(3)4)15(11)16/h5-8H,1,3H2,2,4H3. The molecular weight excluding hydrogens is 264 g/mol. The number of hydrogen-bond acceptors (Lipinski definition) is 3. The van der Waals surface area contributed by atoms with Crippen molar-refractivity contribution in [1.29, 1.82) is 0 Å². The first-order valence-corrected chi connectivity index (χ1v) is 6.59. The maximum absolute atomic E-state index is 12.0. The fourth-order valence-electron chi connectivity index (χ4n) is 2.74. The van der Waals surface area contributed by atoms with Crippen LogP contribution in [0.3, 0.4) is 0 Å². The van der Waals surface area contributed by atoms with Crippen LogP contribution < -0.4 is 0 Å². The van der Waals surface area contributed by atoms with Gasteiger partial charge in [0, 0.05) is 5.39 Å². The molecule has 2 aromatic carbocycles. The molecule has 0 bridgehead atoms. The quantitative estimate of drug-likeness (QED) is 0.610. The zero-order valence-electron chi connectivity index (χ0n) is 11.9. The van der Waals surface area contributed by atoms with Gasteiger partial charge < -0.3 is 4.74 Å². The summed E-state index contributed by atoms with van der Waals surface area (Å²) in [7, 11) is 0. The second-order valence-electron chi connectivity index (χ2n) is 5.31. The average Bonchev–Trinajstić information content (AvgIpc) is 2.43. The summed E-state index contributed by atoms with van der Waals surface area (Å²) in [5.74, 6) is -1.21. The Morgan fingerprint density at radius 3 is 1.62 bits per heavy atom. The van der Waals surface area contributed by atoms with E-state index in [4.69, 9.17) is 4.74 Å². The highest BCUT2D eigenvalue weighted by Crippen LogP contribution is 2.37. The highest BCUT2D eigenvalue weighted by Gasteiger charge is 2.29. The van der Waals surface area contributed by atoms with Crippen LogP contribution in [-0.2, 0) is 4.74 Å². The van der Waals surface area contributed by atoms with Crippen molar-refractivity contribution in [3.8, 4) is 0 Å². The van der Waals surface area contributed by atoms with Crippen LogP contribution >= 0.6 is 0 Å². The highest BCUT2D eigenvalue weighted by molar-refractivity contribution is 6.23. The first kappa shape index (κ1) is 13.3. The van der Waals surface area contributed by atoms with E-state index >= 15 is 0 Å². The molecule has 1 heterocycles. The van der Waals surface area contributed by atoms with Crippen LogP contribution in [0.1, 0.15) is 45.7 Å². The molecule has 1 aliphatic heterocycles. The first-order chi connectivity index (χ1) is 9.91. The first-order valence-electron chi connectivity index (χ1n) is 6.59. The third-order valence-electron chi connectivity index (χ3n) is 3.71. The van der Waals surface area contributed by atoms with Crippen LogP contribution in [-0.4, -0.2) is 11.9 Å². The van der Waals surface area contributed by atoms with Gasteiger partial charge in [0.2, 0.25) is 0 Å². The summed E-state index contributed by atoms with van der Waals surface area (Å²) >= 11 is 0. The molecule has 3 nitrogen and oxygen atoms in total. The molecule has 3 rings (SSSR count). The normalized spacial score (nSPS) is 13.2. The largest absolute Gasteiger partial charge is 0.386 e. The molecule has 0 saturated carbocycles. The van der Waals surface area contributed by atoms with Crippen LogP contribution in [0.25, 0.3) is 21.9 Å². The summed E-state index contributed by atoms with van der Waals surface area (Å²) in [6.45, 7) is 11.8. The molecule has 0 aliphatic carbocycles. The Kier molecular flexibility index (Phi) is 2.80. The molecule has 0 aromatic heterocycles. The van der Waals surface area contributed by atoms with Crippen molar-refractivity contribution in [1.82, 2.24) is 0 Å². The maximum atomic E-state index is 12.0. The van der Waals surface area contributed by atoms with Crippen molar-refractivity contribution >= 4 is 33.9 Å². The Bertz CT molecular complexity index is 790. The number of allylic oxidation sites excluding steroid dienone is 2. The van der Waals surface area contributed by atoms with E-state index in [1.807, 2.05) is 26.0 Å². The van der Waals surface area contributed by atoms with E-state index in [1.165, 1.54) is 0 Å². The Morgan fingerprint density at radius 1 is 0.810 bits per heavy atom. The molecule has 1 aliphatic rings. The minimum atomic E-state index is -0.607. The minimum absolute atomic E-state index is 0.410. The Hall–Kier alpha value is -2.68. The molecule has 0 spiro atoms. The number of benzene rings is 2. The zero-order chi connectivity index (χ0) is 15.3. The number of carbonyl (C=O) groups is 2. The van der Waals surface area contributed by atoms with Gasteiger partial charge in [-0.2, -0.15) is 0 Å². The molecule has 21 heavy (non-hydrogen) atoms. The van der Waals surface area contributed by atoms with Gasteiger partial charge >= 0.3 is 11.9 Å². The highest BCUT2D eigenvalue weighted by atomic mass is 16.6. The summed E-state index contributed by atoms with van der Waals surface area (Å²) < 4.78 is 4.78. The van der Waals surface area contributed by atoms with E-state index in [0.717, 1.165) is 27.7 Å². The molecule has 104 valence electrons. The number of cyclic esters (lactones) is 2. The van der Waals surface area contributed by atoms with E-state index in [0.29, 0.717) is 16.5 Å². The lowest BCUT2D eigenvalue weighted by molar-refractivity contribution is 0.0391. The second-order valence-corrected chi connectivity index (χ2v) is 5.31. The van der Waals surface area contributed by atoms with Crippen molar-refractivity contribution in [2.75, 3.05) is 0 Å². The molecule has 3 heteroatoms. The molecule has 0 atom stereocenters. The van der Waals surface area contributed by atoms with Crippen molar-refractivity contribution in [2.45, 2.75) is 13.8 Å². The smallest absolute Gasteiger partial charge is 0.346 e. The van der Waals surface area contributed by atoms with E-state index in [2.05, 4.69) is 13.2 Å². The lowest BCUT2D eigenvalue weighted by atomic mass is 9.87. The second kappa shape index (κ2) is 4.42. The van der Waals surface area contributed by atoms with Gasteiger partial charge in [-0.05, 0) is 42.5 Å². The van der Waals surface area contributed by atoms with Gasteiger partial charge in [0.25, 0.3) is 0 Å². The third kappa shape index (κ3) is 1.82. The van der Waals surface area contributed by atoms with Gasteiger partial charge in [-0.1, -0.05) is 36.4 Å². The van der Waals surface area contributed by atoms with Crippen LogP contribution in [0.15, 0.2) is 37.4 Å².